The number of benzene rings is 2. The highest BCUT2D eigenvalue weighted by Crippen LogP contribution is 2.44. The van der Waals surface area contributed by atoms with E-state index in [0.29, 0.717) is 5.92 Å². The maximum atomic E-state index is 12.8. The van der Waals surface area contributed by atoms with Crippen LogP contribution in [0.3, 0.4) is 0 Å². The van der Waals surface area contributed by atoms with Crippen molar-refractivity contribution in [2.24, 2.45) is 5.92 Å². The molecular weight excluding hydrogens is 330 g/mol. The van der Waals surface area contributed by atoms with E-state index in [1.807, 2.05) is 36.4 Å². The molecule has 4 rings (SSSR count). The zero-order valence-corrected chi connectivity index (χ0v) is 15.1. The molecule has 2 aliphatic rings. The Kier molecular flexibility index (Phi) is 4.80. The average molecular weight is 354 g/mol. The maximum absolute atomic E-state index is 12.8. The van der Waals surface area contributed by atoms with Gasteiger partial charge < -0.3 is 4.90 Å². The molecule has 1 aliphatic heterocycles. The van der Waals surface area contributed by atoms with Crippen LogP contribution >= 0.6 is 11.6 Å². The van der Waals surface area contributed by atoms with Crippen molar-refractivity contribution >= 4 is 17.5 Å². The number of amides is 1. The van der Waals surface area contributed by atoms with E-state index in [1.165, 1.54) is 32.1 Å². The van der Waals surface area contributed by atoms with E-state index in [-0.39, 0.29) is 23.4 Å². The first-order valence-electron chi connectivity index (χ1n) is 9.33. The Balaban J connectivity index is 1.72. The van der Waals surface area contributed by atoms with Gasteiger partial charge in [0.2, 0.25) is 5.91 Å². The molecule has 0 radical (unpaired) electrons. The number of carbonyl (C=O) groups is 1. The molecule has 1 saturated carbocycles. The summed E-state index contributed by atoms with van der Waals surface area (Å²) in [5, 5.41) is -0.363. The fourth-order valence-corrected chi connectivity index (χ4v) is 4.96. The summed E-state index contributed by atoms with van der Waals surface area (Å²) < 4.78 is 0. The second kappa shape index (κ2) is 7.21. The fourth-order valence-electron chi connectivity index (χ4n) is 4.52. The van der Waals surface area contributed by atoms with E-state index in [0.717, 1.165) is 11.1 Å². The highest BCUT2D eigenvalue weighted by atomic mass is 35.5. The van der Waals surface area contributed by atoms with Crippen LogP contribution in [-0.2, 0) is 4.79 Å². The molecule has 25 heavy (non-hydrogen) atoms. The first-order valence-corrected chi connectivity index (χ1v) is 9.77. The monoisotopic (exact) mass is 353 g/mol. The molecule has 2 atom stereocenters. The summed E-state index contributed by atoms with van der Waals surface area (Å²) >= 11 is 6.52. The van der Waals surface area contributed by atoms with Crippen LogP contribution in [0.1, 0.15) is 49.3 Å². The van der Waals surface area contributed by atoms with Crippen molar-refractivity contribution in [2.75, 3.05) is 0 Å². The van der Waals surface area contributed by atoms with Gasteiger partial charge in [-0.25, -0.2) is 0 Å². The fraction of sp³-hybridized carbons (Fsp3) is 0.409. The van der Waals surface area contributed by atoms with E-state index in [9.17, 15) is 4.79 Å². The van der Waals surface area contributed by atoms with Crippen molar-refractivity contribution in [3.8, 4) is 0 Å². The number of rotatable bonds is 4. The average Bonchev–Trinajstić information content (AvgIpc) is 2.69. The number of alkyl halides is 1. The predicted molar refractivity (Wildman–Crippen MR) is 102 cm³/mol. The molecule has 0 spiro atoms. The van der Waals surface area contributed by atoms with Crippen LogP contribution in [0.4, 0.5) is 0 Å². The SMILES string of the molecule is O=C1[C@@H](Cl)[C@@H](C2CCCCC2)N1C(c1ccccc1)c1ccccc1. The molecule has 1 aliphatic carbocycles. The highest BCUT2D eigenvalue weighted by molar-refractivity contribution is 6.33. The topological polar surface area (TPSA) is 20.3 Å². The zero-order chi connectivity index (χ0) is 17.2. The molecular formula is C22H24ClNO. The molecule has 2 aromatic rings. The number of likely N-dealkylation sites (tertiary alicyclic amines) is 1. The van der Waals surface area contributed by atoms with Gasteiger partial charge in [0.05, 0.1) is 12.1 Å². The van der Waals surface area contributed by atoms with E-state index in [2.05, 4.69) is 29.2 Å². The summed E-state index contributed by atoms with van der Waals surface area (Å²) in [5.41, 5.74) is 2.32. The Labute approximate surface area is 154 Å². The number of carbonyl (C=O) groups excluding carboxylic acids is 1. The lowest BCUT2D eigenvalue weighted by atomic mass is 9.76. The molecule has 0 unspecified atom stereocenters. The number of β-lactam (4-membered cyclic amide) rings is 1. The van der Waals surface area contributed by atoms with E-state index >= 15 is 0 Å². The lowest BCUT2D eigenvalue weighted by Gasteiger charge is -2.53. The third kappa shape index (κ3) is 3.08. The van der Waals surface area contributed by atoms with Crippen LogP contribution in [0, 0.1) is 5.92 Å². The van der Waals surface area contributed by atoms with Gasteiger partial charge >= 0.3 is 0 Å². The molecule has 0 aromatic heterocycles. The standard InChI is InChI=1S/C22H24ClNO/c23-19-21(18-14-8-3-9-15-18)24(22(19)25)20(16-10-4-1-5-11-16)17-12-6-2-7-13-17/h1-2,4-7,10-13,18-21H,3,8-9,14-15H2/t19-,21+/m0/s1. The van der Waals surface area contributed by atoms with Gasteiger partial charge in [-0.1, -0.05) is 79.9 Å². The van der Waals surface area contributed by atoms with E-state index < -0.39 is 0 Å². The van der Waals surface area contributed by atoms with Crippen molar-refractivity contribution in [1.82, 2.24) is 4.90 Å². The molecule has 2 fully saturated rings. The third-order valence-corrected chi connectivity index (χ3v) is 6.20. The molecule has 1 amide bonds. The van der Waals surface area contributed by atoms with Crippen LogP contribution in [0.15, 0.2) is 60.7 Å². The van der Waals surface area contributed by atoms with Crippen LogP contribution < -0.4 is 0 Å². The number of nitrogens with zero attached hydrogens (tertiary/aromatic N) is 1. The summed E-state index contributed by atoms with van der Waals surface area (Å²) in [4.78, 5) is 14.9. The van der Waals surface area contributed by atoms with Gasteiger partial charge in [0, 0.05) is 0 Å². The van der Waals surface area contributed by atoms with Gasteiger partial charge in [-0.05, 0) is 29.9 Å². The summed E-state index contributed by atoms with van der Waals surface area (Å²) in [7, 11) is 0. The van der Waals surface area contributed by atoms with Gasteiger partial charge in [0.25, 0.3) is 0 Å². The van der Waals surface area contributed by atoms with Gasteiger partial charge in [-0.15, -0.1) is 11.6 Å². The first kappa shape index (κ1) is 16.7. The Morgan fingerprint density at radius 3 is 1.88 bits per heavy atom. The molecule has 0 N–H and O–H groups in total. The molecule has 3 heteroatoms. The van der Waals surface area contributed by atoms with Crippen molar-refractivity contribution in [2.45, 2.75) is 49.6 Å². The number of hydrogen-bond acceptors (Lipinski definition) is 1. The van der Waals surface area contributed by atoms with Crippen LogP contribution in [0.2, 0.25) is 0 Å². The lowest BCUT2D eigenvalue weighted by molar-refractivity contribution is -0.152. The molecule has 130 valence electrons. The van der Waals surface area contributed by atoms with E-state index in [4.69, 9.17) is 11.6 Å². The Hall–Kier alpha value is -1.80. The first-order chi connectivity index (χ1) is 12.3. The highest BCUT2D eigenvalue weighted by Gasteiger charge is 2.53. The largest absolute Gasteiger partial charge is 0.325 e. The second-order valence-corrected chi connectivity index (χ2v) is 7.73. The van der Waals surface area contributed by atoms with Crippen LogP contribution in [-0.4, -0.2) is 22.2 Å². The summed E-state index contributed by atoms with van der Waals surface area (Å²) in [5.74, 6) is 0.610. The van der Waals surface area contributed by atoms with Gasteiger partial charge in [0.15, 0.2) is 0 Å². The van der Waals surface area contributed by atoms with Gasteiger partial charge in [0.1, 0.15) is 5.38 Å². The summed E-state index contributed by atoms with van der Waals surface area (Å²) in [6.07, 6.45) is 6.20. The molecule has 0 bridgehead atoms. The Morgan fingerprint density at radius 1 is 0.840 bits per heavy atom. The summed E-state index contributed by atoms with van der Waals surface area (Å²) in [6, 6.07) is 20.8. The minimum atomic E-state index is -0.363. The van der Waals surface area contributed by atoms with Crippen molar-refractivity contribution in [3.05, 3.63) is 71.8 Å². The van der Waals surface area contributed by atoms with Gasteiger partial charge in [-0.3, -0.25) is 4.79 Å². The minimum Gasteiger partial charge on any atom is -0.325 e. The quantitative estimate of drug-likeness (QED) is 0.548. The van der Waals surface area contributed by atoms with Crippen molar-refractivity contribution in [3.63, 3.8) is 0 Å². The van der Waals surface area contributed by atoms with Crippen LogP contribution in [0.5, 0.6) is 0 Å². The summed E-state index contributed by atoms with van der Waals surface area (Å²) in [6.45, 7) is 0. The lowest BCUT2D eigenvalue weighted by Crippen LogP contribution is -2.66. The van der Waals surface area contributed by atoms with E-state index in [1.54, 1.807) is 0 Å². The number of halogens is 1. The third-order valence-electron chi connectivity index (χ3n) is 5.75. The Bertz CT molecular complexity index is 672. The smallest absolute Gasteiger partial charge is 0.243 e. The molecule has 1 saturated heterocycles. The van der Waals surface area contributed by atoms with Crippen LogP contribution in [0.25, 0.3) is 0 Å². The van der Waals surface area contributed by atoms with Crippen molar-refractivity contribution < 1.29 is 4.79 Å². The molecule has 2 nitrogen and oxygen atoms in total. The second-order valence-electron chi connectivity index (χ2n) is 7.26. The minimum absolute atomic E-state index is 0.0446. The zero-order valence-electron chi connectivity index (χ0n) is 14.4. The predicted octanol–water partition coefficient (Wildman–Crippen LogP) is 5.17. The normalized spacial score (nSPS) is 24.4. The Morgan fingerprint density at radius 2 is 1.36 bits per heavy atom. The van der Waals surface area contributed by atoms with Crippen molar-refractivity contribution in [1.29, 1.82) is 0 Å². The number of hydrogen-bond donors (Lipinski definition) is 0. The van der Waals surface area contributed by atoms with Gasteiger partial charge in [-0.2, -0.15) is 0 Å². The molecule has 2 aromatic carbocycles. The molecule has 1 heterocycles. The maximum Gasteiger partial charge on any atom is 0.243 e.